The van der Waals surface area contributed by atoms with Gasteiger partial charge in [0.05, 0.1) is 25.4 Å². The molecule has 4 rings (SSSR count). The van der Waals surface area contributed by atoms with Gasteiger partial charge in [0, 0.05) is 11.8 Å². The Bertz CT molecular complexity index is 551. The molecule has 1 unspecified atom stereocenters. The summed E-state index contributed by atoms with van der Waals surface area (Å²) in [5.74, 6) is 0.544. The van der Waals surface area contributed by atoms with E-state index < -0.39 is 5.79 Å². The van der Waals surface area contributed by atoms with Crippen molar-refractivity contribution in [2.24, 2.45) is 5.41 Å². The number of fused-ring (bicyclic) bond motifs is 1. The maximum absolute atomic E-state index is 6.43. The van der Waals surface area contributed by atoms with Gasteiger partial charge >= 0.3 is 0 Å². The zero-order valence-electron chi connectivity index (χ0n) is 12.8. The molecule has 0 bridgehead atoms. The van der Waals surface area contributed by atoms with Gasteiger partial charge in [0.25, 0.3) is 0 Å². The number of anilines is 1. The fourth-order valence-corrected chi connectivity index (χ4v) is 4.21. The SMILES string of the molecule is CC1(C)CC2(CCC13OCCO3)CNc1ccccc1O2. The van der Waals surface area contributed by atoms with Crippen molar-refractivity contribution in [3.8, 4) is 5.75 Å². The zero-order chi connectivity index (χ0) is 14.6. The van der Waals surface area contributed by atoms with Crippen LogP contribution in [0.1, 0.15) is 33.1 Å². The summed E-state index contributed by atoms with van der Waals surface area (Å²) in [6.45, 7) is 6.74. The lowest BCUT2D eigenvalue weighted by molar-refractivity contribution is -0.266. The van der Waals surface area contributed by atoms with Crippen molar-refractivity contribution in [1.29, 1.82) is 0 Å². The third-order valence-corrected chi connectivity index (χ3v) is 5.27. The van der Waals surface area contributed by atoms with Crippen LogP contribution in [-0.4, -0.2) is 31.1 Å². The number of nitrogens with one attached hydrogen (secondary N) is 1. The molecule has 2 heterocycles. The molecule has 1 saturated carbocycles. The van der Waals surface area contributed by atoms with Crippen LogP contribution in [-0.2, 0) is 9.47 Å². The smallest absolute Gasteiger partial charge is 0.173 e. The lowest BCUT2D eigenvalue weighted by Gasteiger charge is -2.54. The van der Waals surface area contributed by atoms with Crippen molar-refractivity contribution >= 4 is 5.69 Å². The zero-order valence-corrected chi connectivity index (χ0v) is 12.8. The van der Waals surface area contributed by atoms with E-state index in [0.29, 0.717) is 13.2 Å². The topological polar surface area (TPSA) is 39.7 Å². The van der Waals surface area contributed by atoms with Gasteiger partial charge in [0.15, 0.2) is 5.79 Å². The number of para-hydroxylation sites is 2. The standard InChI is InChI=1S/C17H23NO3/c1-15(2)11-16(7-8-17(15)19-9-10-20-17)12-18-13-5-3-4-6-14(13)21-16/h3-6,18H,7-12H2,1-2H3. The van der Waals surface area contributed by atoms with Crippen LogP contribution in [0.15, 0.2) is 24.3 Å². The van der Waals surface area contributed by atoms with Gasteiger partial charge in [0.2, 0.25) is 0 Å². The Morgan fingerprint density at radius 3 is 2.57 bits per heavy atom. The first-order chi connectivity index (χ1) is 10.0. The van der Waals surface area contributed by atoms with Crippen molar-refractivity contribution in [2.45, 2.75) is 44.5 Å². The molecule has 4 nitrogen and oxygen atoms in total. The Labute approximate surface area is 125 Å². The summed E-state index contributed by atoms with van der Waals surface area (Å²) in [5.41, 5.74) is 0.878. The second-order valence-corrected chi connectivity index (χ2v) is 7.15. The van der Waals surface area contributed by atoms with Gasteiger partial charge < -0.3 is 19.5 Å². The molecule has 0 radical (unpaired) electrons. The molecule has 2 spiro atoms. The molecule has 2 aliphatic heterocycles. The molecule has 4 heteroatoms. The van der Waals surface area contributed by atoms with E-state index in [0.717, 1.165) is 37.2 Å². The monoisotopic (exact) mass is 289 g/mol. The van der Waals surface area contributed by atoms with Crippen molar-refractivity contribution in [2.75, 3.05) is 25.1 Å². The van der Waals surface area contributed by atoms with E-state index in [9.17, 15) is 0 Å². The number of benzene rings is 1. The molecule has 1 saturated heterocycles. The van der Waals surface area contributed by atoms with Crippen molar-refractivity contribution < 1.29 is 14.2 Å². The number of hydrogen-bond donors (Lipinski definition) is 1. The summed E-state index contributed by atoms with van der Waals surface area (Å²) < 4.78 is 18.4. The van der Waals surface area contributed by atoms with Crippen molar-refractivity contribution in [3.05, 3.63) is 24.3 Å². The maximum atomic E-state index is 6.43. The van der Waals surface area contributed by atoms with Gasteiger partial charge in [-0.15, -0.1) is 0 Å². The van der Waals surface area contributed by atoms with Gasteiger partial charge in [-0.1, -0.05) is 26.0 Å². The van der Waals surface area contributed by atoms with Crippen LogP contribution in [0.5, 0.6) is 5.75 Å². The summed E-state index contributed by atoms with van der Waals surface area (Å²) >= 11 is 0. The molecule has 114 valence electrons. The molecular formula is C17H23NO3. The van der Waals surface area contributed by atoms with E-state index in [1.54, 1.807) is 0 Å². The van der Waals surface area contributed by atoms with E-state index in [4.69, 9.17) is 14.2 Å². The summed E-state index contributed by atoms with van der Waals surface area (Å²) in [4.78, 5) is 0. The lowest BCUT2D eigenvalue weighted by atomic mass is 9.65. The van der Waals surface area contributed by atoms with E-state index in [1.807, 2.05) is 18.2 Å². The Balaban J connectivity index is 1.61. The van der Waals surface area contributed by atoms with Gasteiger partial charge in [0.1, 0.15) is 11.4 Å². The summed E-state index contributed by atoms with van der Waals surface area (Å²) in [7, 11) is 0. The van der Waals surface area contributed by atoms with E-state index in [2.05, 4.69) is 25.2 Å². The van der Waals surface area contributed by atoms with Crippen LogP contribution >= 0.6 is 0 Å². The van der Waals surface area contributed by atoms with Crippen molar-refractivity contribution in [1.82, 2.24) is 0 Å². The Hall–Kier alpha value is -1.26. The van der Waals surface area contributed by atoms with Gasteiger partial charge in [-0.05, 0) is 25.0 Å². The quantitative estimate of drug-likeness (QED) is 0.796. The Kier molecular flexibility index (Phi) is 2.79. The van der Waals surface area contributed by atoms with Gasteiger partial charge in [-0.3, -0.25) is 0 Å². The molecule has 0 aromatic heterocycles. The fourth-order valence-electron chi connectivity index (χ4n) is 4.21. The second-order valence-electron chi connectivity index (χ2n) is 7.15. The molecule has 2 fully saturated rings. The third-order valence-electron chi connectivity index (χ3n) is 5.27. The number of rotatable bonds is 0. The Morgan fingerprint density at radius 2 is 1.81 bits per heavy atom. The first-order valence-electron chi connectivity index (χ1n) is 7.84. The van der Waals surface area contributed by atoms with Crippen LogP contribution in [0.4, 0.5) is 5.69 Å². The third kappa shape index (κ3) is 1.96. The average Bonchev–Trinajstić information content (AvgIpc) is 2.94. The second kappa shape index (κ2) is 4.37. The molecule has 1 aliphatic carbocycles. The molecular weight excluding hydrogens is 266 g/mol. The van der Waals surface area contributed by atoms with Crippen LogP contribution < -0.4 is 10.1 Å². The lowest BCUT2D eigenvalue weighted by Crippen LogP contribution is -2.60. The first-order valence-corrected chi connectivity index (χ1v) is 7.84. The predicted molar refractivity (Wildman–Crippen MR) is 80.6 cm³/mol. The normalized spacial score (nSPS) is 32.5. The Morgan fingerprint density at radius 1 is 1.05 bits per heavy atom. The first kappa shape index (κ1) is 13.4. The summed E-state index contributed by atoms with van der Waals surface area (Å²) in [5, 5.41) is 3.53. The van der Waals surface area contributed by atoms with Gasteiger partial charge in [-0.2, -0.15) is 0 Å². The minimum absolute atomic E-state index is 0.0598. The van der Waals surface area contributed by atoms with E-state index >= 15 is 0 Å². The largest absolute Gasteiger partial charge is 0.483 e. The van der Waals surface area contributed by atoms with Crippen LogP contribution in [0, 0.1) is 5.41 Å². The highest BCUT2D eigenvalue weighted by Gasteiger charge is 2.59. The number of ether oxygens (including phenoxy) is 3. The summed E-state index contributed by atoms with van der Waals surface area (Å²) in [6, 6.07) is 8.18. The predicted octanol–water partition coefficient (Wildman–Crippen LogP) is 3.18. The molecule has 0 amide bonds. The van der Waals surface area contributed by atoms with Crippen LogP contribution in [0.3, 0.4) is 0 Å². The minimum Gasteiger partial charge on any atom is -0.483 e. The summed E-state index contributed by atoms with van der Waals surface area (Å²) in [6.07, 6.45) is 2.78. The number of hydrogen-bond acceptors (Lipinski definition) is 4. The van der Waals surface area contributed by atoms with Crippen molar-refractivity contribution in [3.63, 3.8) is 0 Å². The average molecular weight is 289 g/mol. The maximum Gasteiger partial charge on any atom is 0.173 e. The molecule has 21 heavy (non-hydrogen) atoms. The van der Waals surface area contributed by atoms with E-state index in [-0.39, 0.29) is 11.0 Å². The molecule has 1 atom stereocenters. The molecule has 1 aromatic carbocycles. The molecule has 1 aromatic rings. The molecule has 1 N–H and O–H groups in total. The van der Waals surface area contributed by atoms with Crippen LogP contribution in [0.25, 0.3) is 0 Å². The van der Waals surface area contributed by atoms with E-state index in [1.165, 1.54) is 0 Å². The van der Waals surface area contributed by atoms with Gasteiger partial charge in [-0.25, -0.2) is 0 Å². The highest BCUT2D eigenvalue weighted by Crippen LogP contribution is 2.54. The highest BCUT2D eigenvalue weighted by molar-refractivity contribution is 5.58. The molecule has 3 aliphatic rings. The minimum atomic E-state index is -0.418. The fraction of sp³-hybridized carbons (Fsp3) is 0.647. The highest BCUT2D eigenvalue weighted by atomic mass is 16.7. The van der Waals surface area contributed by atoms with Crippen LogP contribution in [0.2, 0.25) is 0 Å².